The van der Waals surface area contributed by atoms with E-state index in [0.29, 0.717) is 26.1 Å². The molecule has 0 bridgehead atoms. The first kappa shape index (κ1) is 17.5. The molecule has 1 saturated heterocycles. The molecule has 148 valence electrons. The van der Waals surface area contributed by atoms with Crippen molar-refractivity contribution in [3.8, 4) is 11.3 Å². The Hall–Kier alpha value is -2.55. The third kappa shape index (κ3) is 3.03. The van der Waals surface area contributed by atoms with Gasteiger partial charge >= 0.3 is 0 Å². The van der Waals surface area contributed by atoms with Crippen LogP contribution in [0.3, 0.4) is 0 Å². The zero-order chi connectivity index (χ0) is 19.3. The van der Waals surface area contributed by atoms with Gasteiger partial charge in [-0.15, -0.1) is 0 Å². The number of fused-ring (bicyclic) bond motifs is 1. The highest BCUT2D eigenvalue weighted by molar-refractivity contribution is 5.74. The summed E-state index contributed by atoms with van der Waals surface area (Å²) < 4.78 is 36.8. The number of hydrogen-bond acceptors (Lipinski definition) is 5. The van der Waals surface area contributed by atoms with Crippen LogP contribution in [0.2, 0.25) is 0 Å². The van der Waals surface area contributed by atoms with E-state index >= 15 is 0 Å². The van der Waals surface area contributed by atoms with Crippen molar-refractivity contribution < 1.29 is 13.5 Å². The minimum Gasteiger partial charge on any atom is -0.378 e. The predicted octanol–water partition coefficient (Wildman–Crippen LogP) is 2.78. The number of imidazole rings is 1. The van der Waals surface area contributed by atoms with Crippen molar-refractivity contribution in [1.82, 2.24) is 24.4 Å². The first-order valence-corrected chi connectivity index (χ1v) is 9.60. The Balaban J connectivity index is 1.50. The fourth-order valence-corrected chi connectivity index (χ4v) is 3.85. The van der Waals surface area contributed by atoms with Crippen molar-refractivity contribution >= 4 is 11.3 Å². The summed E-state index contributed by atoms with van der Waals surface area (Å²) in [5.41, 5.74) is 4.07. The summed E-state index contributed by atoms with van der Waals surface area (Å²) in [6.07, 6.45) is 6.22. The van der Waals surface area contributed by atoms with Gasteiger partial charge in [0.15, 0.2) is 5.65 Å². The molecule has 0 aromatic carbocycles. The van der Waals surface area contributed by atoms with Gasteiger partial charge < -0.3 is 9.64 Å². The van der Waals surface area contributed by atoms with Crippen molar-refractivity contribution in [2.45, 2.75) is 32.2 Å². The molecule has 5 rings (SSSR count). The van der Waals surface area contributed by atoms with Crippen molar-refractivity contribution in [3.63, 3.8) is 0 Å². The Labute approximate surface area is 160 Å². The summed E-state index contributed by atoms with van der Waals surface area (Å²) >= 11 is 0. The Morgan fingerprint density at radius 3 is 2.75 bits per heavy atom. The van der Waals surface area contributed by atoms with Gasteiger partial charge in [-0.05, 0) is 25.8 Å². The SMILES string of the molecule is Cc1nc2c(N3CCOCC3)ccnn2c1-c1cnn(CC(F)(F)C2CC2)c1. The summed E-state index contributed by atoms with van der Waals surface area (Å²) in [4.78, 5) is 6.95. The molecule has 4 heterocycles. The summed E-state index contributed by atoms with van der Waals surface area (Å²) in [6, 6.07) is 1.95. The fraction of sp³-hybridized carbons (Fsp3) is 0.526. The largest absolute Gasteiger partial charge is 0.378 e. The van der Waals surface area contributed by atoms with Crippen LogP contribution >= 0.6 is 0 Å². The molecule has 0 spiro atoms. The van der Waals surface area contributed by atoms with E-state index in [1.165, 1.54) is 4.68 Å². The molecular weight excluding hydrogens is 366 g/mol. The van der Waals surface area contributed by atoms with Gasteiger partial charge in [0.05, 0.1) is 42.7 Å². The quantitative estimate of drug-likeness (QED) is 0.673. The monoisotopic (exact) mass is 388 g/mol. The molecular formula is C19H22F2N6O. The molecule has 0 unspecified atom stereocenters. The average molecular weight is 388 g/mol. The normalized spacial score (nSPS) is 18.2. The lowest BCUT2D eigenvalue weighted by Gasteiger charge is -2.28. The molecule has 9 heteroatoms. The maximum atomic E-state index is 14.1. The molecule has 1 aliphatic carbocycles. The molecule has 1 saturated carbocycles. The molecule has 1 aliphatic heterocycles. The third-order valence-electron chi connectivity index (χ3n) is 5.48. The van der Waals surface area contributed by atoms with Crippen LogP contribution in [0.1, 0.15) is 18.5 Å². The number of hydrogen-bond donors (Lipinski definition) is 0. The Morgan fingerprint density at radius 2 is 2.00 bits per heavy atom. The van der Waals surface area contributed by atoms with E-state index < -0.39 is 11.8 Å². The van der Waals surface area contributed by atoms with E-state index in [0.717, 1.165) is 41.4 Å². The Kier molecular flexibility index (Phi) is 4.08. The number of anilines is 1. The molecule has 2 fully saturated rings. The Bertz CT molecular complexity index is 1000. The number of ether oxygens (including phenoxy) is 1. The van der Waals surface area contributed by atoms with Crippen LogP contribution in [0.4, 0.5) is 14.5 Å². The lowest BCUT2D eigenvalue weighted by Crippen LogP contribution is -2.36. The smallest absolute Gasteiger partial charge is 0.270 e. The van der Waals surface area contributed by atoms with Crippen molar-refractivity contribution in [1.29, 1.82) is 0 Å². The van der Waals surface area contributed by atoms with Crippen molar-refractivity contribution in [2.24, 2.45) is 5.92 Å². The molecule has 0 atom stereocenters. The van der Waals surface area contributed by atoms with Gasteiger partial charge in [0, 0.05) is 30.8 Å². The molecule has 7 nitrogen and oxygen atoms in total. The number of nitrogens with zero attached hydrogens (tertiary/aromatic N) is 6. The van der Waals surface area contributed by atoms with E-state index in [-0.39, 0.29) is 6.54 Å². The molecule has 2 aliphatic rings. The van der Waals surface area contributed by atoms with Gasteiger partial charge in [-0.3, -0.25) is 4.68 Å². The Morgan fingerprint density at radius 1 is 1.21 bits per heavy atom. The second kappa shape index (κ2) is 6.51. The first-order valence-electron chi connectivity index (χ1n) is 9.60. The highest BCUT2D eigenvalue weighted by atomic mass is 19.3. The maximum Gasteiger partial charge on any atom is 0.270 e. The molecule has 28 heavy (non-hydrogen) atoms. The number of rotatable bonds is 5. The summed E-state index contributed by atoms with van der Waals surface area (Å²) in [5, 5.41) is 8.64. The van der Waals surface area contributed by atoms with Gasteiger partial charge in [0.25, 0.3) is 5.92 Å². The minimum absolute atomic E-state index is 0.389. The van der Waals surface area contributed by atoms with Gasteiger partial charge in [-0.1, -0.05) is 0 Å². The van der Waals surface area contributed by atoms with Gasteiger partial charge in [-0.25, -0.2) is 18.3 Å². The van der Waals surface area contributed by atoms with Crippen molar-refractivity contribution in [2.75, 3.05) is 31.2 Å². The fourth-order valence-electron chi connectivity index (χ4n) is 3.85. The zero-order valence-corrected chi connectivity index (χ0v) is 15.7. The van der Waals surface area contributed by atoms with Crippen LogP contribution in [-0.2, 0) is 11.3 Å². The van der Waals surface area contributed by atoms with Crippen LogP contribution in [0.5, 0.6) is 0 Å². The van der Waals surface area contributed by atoms with Gasteiger partial charge in [-0.2, -0.15) is 10.2 Å². The maximum absolute atomic E-state index is 14.1. The second-order valence-electron chi connectivity index (χ2n) is 7.56. The minimum atomic E-state index is -2.71. The first-order chi connectivity index (χ1) is 13.5. The highest BCUT2D eigenvalue weighted by Gasteiger charge is 2.47. The molecule has 0 amide bonds. The zero-order valence-electron chi connectivity index (χ0n) is 15.7. The average Bonchev–Trinajstić information content (AvgIpc) is 3.38. The van der Waals surface area contributed by atoms with Crippen LogP contribution in [0, 0.1) is 12.8 Å². The third-order valence-corrected chi connectivity index (χ3v) is 5.48. The summed E-state index contributed by atoms with van der Waals surface area (Å²) in [7, 11) is 0. The number of aromatic nitrogens is 5. The topological polar surface area (TPSA) is 60.5 Å². The molecule has 3 aromatic heterocycles. The molecule has 3 aromatic rings. The number of halogens is 2. The number of morpholine rings is 1. The van der Waals surface area contributed by atoms with E-state index in [2.05, 4.69) is 15.1 Å². The van der Waals surface area contributed by atoms with E-state index in [9.17, 15) is 8.78 Å². The highest BCUT2D eigenvalue weighted by Crippen LogP contribution is 2.44. The second-order valence-corrected chi connectivity index (χ2v) is 7.56. The molecule has 0 radical (unpaired) electrons. The predicted molar refractivity (Wildman–Crippen MR) is 99.6 cm³/mol. The van der Waals surface area contributed by atoms with Crippen LogP contribution < -0.4 is 4.90 Å². The van der Waals surface area contributed by atoms with Gasteiger partial charge in [0.1, 0.15) is 6.54 Å². The van der Waals surface area contributed by atoms with Crippen LogP contribution in [0.15, 0.2) is 24.7 Å². The number of alkyl halides is 2. The summed E-state index contributed by atoms with van der Waals surface area (Å²) in [5.74, 6) is -3.21. The lowest BCUT2D eigenvalue weighted by atomic mass is 10.2. The van der Waals surface area contributed by atoms with Crippen molar-refractivity contribution in [3.05, 3.63) is 30.4 Å². The standard InChI is InChI=1S/C19H22F2N6O/c1-13-17(14-10-23-26(11-14)12-19(20,21)15-2-3-15)27-18(24-13)16(4-5-22-27)25-6-8-28-9-7-25/h4-5,10-11,15H,2-3,6-9,12H2,1H3. The van der Waals surface area contributed by atoms with Crippen LogP contribution in [0.25, 0.3) is 16.9 Å². The van der Waals surface area contributed by atoms with Gasteiger partial charge in [0.2, 0.25) is 0 Å². The van der Waals surface area contributed by atoms with E-state index in [1.54, 1.807) is 23.1 Å². The number of aryl methyl sites for hydroxylation is 1. The lowest BCUT2D eigenvalue weighted by molar-refractivity contribution is -0.0414. The van der Waals surface area contributed by atoms with E-state index in [4.69, 9.17) is 9.72 Å². The molecule has 0 N–H and O–H groups in total. The van der Waals surface area contributed by atoms with Crippen LogP contribution in [-0.4, -0.2) is 56.6 Å². The van der Waals surface area contributed by atoms with E-state index in [1.807, 2.05) is 13.0 Å². The summed E-state index contributed by atoms with van der Waals surface area (Å²) in [6.45, 7) is 4.49.